The summed E-state index contributed by atoms with van der Waals surface area (Å²) in [5, 5.41) is 7.14. The van der Waals surface area contributed by atoms with Gasteiger partial charge in [0.2, 0.25) is 0 Å². The van der Waals surface area contributed by atoms with Gasteiger partial charge in [0.1, 0.15) is 11.3 Å². The standard InChI is InChI=1S/C18H29N5O2/c1-25-13-9-15-19-16-14(21-22-17(16)18(24)20-15)8-4-2-3-5-10-23-11-6-7-12-23/h2-13H2,1H3,(H,21,22)(H,19,20,24). The second-order valence-corrected chi connectivity index (χ2v) is 6.87. The van der Waals surface area contributed by atoms with Crippen molar-refractivity contribution in [2.75, 3.05) is 33.4 Å². The van der Waals surface area contributed by atoms with Crippen LogP contribution >= 0.6 is 0 Å². The van der Waals surface area contributed by atoms with E-state index in [4.69, 9.17) is 4.74 Å². The van der Waals surface area contributed by atoms with E-state index < -0.39 is 0 Å². The SMILES string of the molecule is COCCc1nc2c(CCCCCCN3CCCC3)[nH]nc2c(=O)[nH]1. The van der Waals surface area contributed by atoms with Crippen LogP contribution in [0.1, 0.15) is 50.0 Å². The maximum atomic E-state index is 12.1. The number of hydrogen-bond donors (Lipinski definition) is 2. The molecule has 1 saturated heterocycles. The van der Waals surface area contributed by atoms with Crippen LogP contribution in [0.5, 0.6) is 0 Å². The Labute approximate surface area is 148 Å². The monoisotopic (exact) mass is 347 g/mol. The van der Waals surface area contributed by atoms with Crippen molar-refractivity contribution in [1.29, 1.82) is 0 Å². The first-order valence-corrected chi connectivity index (χ1v) is 9.45. The molecule has 3 heterocycles. The normalized spacial score (nSPS) is 15.4. The summed E-state index contributed by atoms with van der Waals surface area (Å²) in [6.45, 7) is 4.35. The molecule has 0 atom stereocenters. The lowest BCUT2D eigenvalue weighted by molar-refractivity contribution is 0.200. The van der Waals surface area contributed by atoms with Crippen LogP contribution in [0.3, 0.4) is 0 Å². The molecule has 25 heavy (non-hydrogen) atoms. The maximum absolute atomic E-state index is 12.1. The number of ether oxygens (including phenoxy) is 1. The molecule has 1 fully saturated rings. The highest BCUT2D eigenvalue weighted by atomic mass is 16.5. The van der Waals surface area contributed by atoms with Crippen molar-refractivity contribution in [3.63, 3.8) is 0 Å². The summed E-state index contributed by atoms with van der Waals surface area (Å²) >= 11 is 0. The Hall–Kier alpha value is -1.73. The van der Waals surface area contributed by atoms with Gasteiger partial charge in [-0.2, -0.15) is 5.10 Å². The number of H-pyrrole nitrogens is 2. The van der Waals surface area contributed by atoms with Crippen molar-refractivity contribution in [1.82, 2.24) is 25.1 Å². The Morgan fingerprint density at radius 1 is 1.08 bits per heavy atom. The van der Waals surface area contributed by atoms with Gasteiger partial charge in [-0.05, 0) is 51.7 Å². The molecule has 0 amide bonds. The zero-order chi connectivity index (χ0) is 17.5. The number of unbranched alkanes of at least 4 members (excludes halogenated alkanes) is 3. The molecule has 0 unspecified atom stereocenters. The average Bonchev–Trinajstić information content (AvgIpc) is 3.26. The highest BCUT2D eigenvalue weighted by Crippen LogP contribution is 2.14. The number of aromatic nitrogens is 4. The summed E-state index contributed by atoms with van der Waals surface area (Å²) in [5.74, 6) is 0.660. The number of hydrogen-bond acceptors (Lipinski definition) is 5. The van der Waals surface area contributed by atoms with Gasteiger partial charge in [0.15, 0.2) is 5.52 Å². The van der Waals surface area contributed by atoms with Gasteiger partial charge in [0.05, 0.1) is 12.3 Å². The molecule has 3 rings (SSSR count). The van der Waals surface area contributed by atoms with Crippen molar-refractivity contribution in [3.8, 4) is 0 Å². The number of nitrogens with one attached hydrogen (secondary N) is 2. The second-order valence-electron chi connectivity index (χ2n) is 6.87. The third-order valence-corrected chi connectivity index (χ3v) is 4.93. The summed E-state index contributed by atoms with van der Waals surface area (Å²) in [4.78, 5) is 22.0. The summed E-state index contributed by atoms with van der Waals surface area (Å²) in [5.41, 5.74) is 1.92. The Morgan fingerprint density at radius 3 is 2.68 bits per heavy atom. The molecule has 1 aliphatic heterocycles. The minimum atomic E-state index is -0.177. The predicted molar refractivity (Wildman–Crippen MR) is 97.9 cm³/mol. The highest BCUT2D eigenvalue weighted by Gasteiger charge is 2.12. The van der Waals surface area contributed by atoms with E-state index in [9.17, 15) is 4.79 Å². The molecule has 0 saturated carbocycles. The smallest absolute Gasteiger partial charge is 0.279 e. The third kappa shape index (κ3) is 4.89. The number of nitrogens with zero attached hydrogens (tertiary/aromatic N) is 3. The molecular formula is C18H29N5O2. The predicted octanol–water partition coefficient (Wildman–Crippen LogP) is 2.03. The first-order valence-electron chi connectivity index (χ1n) is 9.45. The van der Waals surface area contributed by atoms with Crippen molar-refractivity contribution in [2.45, 2.75) is 51.4 Å². The Morgan fingerprint density at radius 2 is 1.88 bits per heavy atom. The first kappa shape index (κ1) is 18.1. The Kier molecular flexibility index (Phi) is 6.58. The van der Waals surface area contributed by atoms with Gasteiger partial charge in [0.25, 0.3) is 5.56 Å². The minimum Gasteiger partial charge on any atom is -0.384 e. The van der Waals surface area contributed by atoms with Crippen LogP contribution in [0.15, 0.2) is 4.79 Å². The van der Waals surface area contributed by atoms with E-state index in [1.807, 2.05) is 0 Å². The van der Waals surface area contributed by atoms with Gasteiger partial charge < -0.3 is 14.6 Å². The van der Waals surface area contributed by atoms with Gasteiger partial charge in [-0.25, -0.2) is 4.98 Å². The van der Waals surface area contributed by atoms with E-state index in [2.05, 4.69) is 25.1 Å². The summed E-state index contributed by atoms with van der Waals surface area (Å²) < 4.78 is 5.06. The lowest BCUT2D eigenvalue weighted by atomic mass is 10.1. The largest absolute Gasteiger partial charge is 0.384 e. The highest BCUT2D eigenvalue weighted by molar-refractivity contribution is 5.75. The van der Waals surface area contributed by atoms with Crippen LogP contribution < -0.4 is 5.56 Å². The number of fused-ring (bicyclic) bond motifs is 1. The number of rotatable bonds is 10. The van der Waals surface area contributed by atoms with E-state index in [0.29, 0.717) is 29.9 Å². The van der Waals surface area contributed by atoms with Gasteiger partial charge in [-0.1, -0.05) is 12.8 Å². The zero-order valence-electron chi connectivity index (χ0n) is 15.1. The van der Waals surface area contributed by atoms with Gasteiger partial charge >= 0.3 is 0 Å². The maximum Gasteiger partial charge on any atom is 0.279 e. The van der Waals surface area contributed by atoms with Crippen LogP contribution in [0.4, 0.5) is 0 Å². The molecule has 0 spiro atoms. The van der Waals surface area contributed by atoms with Crippen LogP contribution in [0.2, 0.25) is 0 Å². The fourth-order valence-corrected chi connectivity index (χ4v) is 3.49. The lowest BCUT2D eigenvalue weighted by Gasteiger charge is -2.13. The molecule has 2 aromatic rings. The van der Waals surface area contributed by atoms with Crippen molar-refractivity contribution < 1.29 is 4.74 Å². The Bertz CT molecular complexity index is 718. The van der Waals surface area contributed by atoms with E-state index in [0.717, 1.165) is 18.5 Å². The quantitative estimate of drug-likeness (QED) is 0.642. The van der Waals surface area contributed by atoms with Crippen molar-refractivity contribution >= 4 is 11.0 Å². The van der Waals surface area contributed by atoms with Crippen molar-refractivity contribution in [2.24, 2.45) is 0 Å². The number of aryl methyl sites for hydroxylation is 1. The fourth-order valence-electron chi connectivity index (χ4n) is 3.49. The van der Waals surface area contributed by atoms with Crippen LogP contribution in [-0.2, 0) is 17.6 Å². The minimum absolute atomic E-state index is 0.177. The van der Waals surface area contributed by atoms with Crippen LogP contribution in [0.25, 0.3) is 11.0 Å². The molecule has 7 heteroatoms. The van der Waals surface area contributed by atoms with Crippen LogP contribution in [0, 0.1) is 0 Å². The number of aromatic amines is 2. The molecule has 0 aromatic carbocycles. The molecule has 7 nitrogen and oxygen atoms in total. The number of likely N-dealkylation sites (tertiary alicyclic amines) is 1. The zero-order valence-corrected chi connectivity index (χ0v) is 15.1. The third-order valence-electron chi connectivity index (χ3n) is 4.93. The lowest BCUT2D eigenvalue weighted by Crippen LogP contribution is -2.20. The van der Waals surface area contributed by atoms with Gasteiger partial charge in [0, 0.05) is 13.5 Å². The Balaban J connectivity index is 1.49. The summed E-state index contributed by atoms with van der Waals surface area (Å²) in [6, 6.07) is 0. The summed E-state index contributed by atoms with van der Waals surface area (Å²) in [7, 11) is 1.64. The fraction of sp³-hybridized carbons (Fsp3) is 0.722. The molecule has 0 radical (unpaired) electrons. The molecule has 1 aliphatic rings. The molecule has 2 N–H and O–H groups in total. The number of methoxy groups -OCH3 is 1. The van der Waals surface area contributed by atoms with E-state index in [1.165, 1.54) is 51.7 Å². The van der Waals surface area contributed by atoms with Crippen LogP contribution in [-0.4, -0.2) is 58.4 Å². The molecule has 0 bridgehead atoms. The van der Waals surface area contributed by atoms with Gasteiger partial charge in [-0.3, -0.25) is 9.89 Å². The van der Waals surface area contributed by atoms with E-state index in [-0.39, 0.29) is 5.56 Å². The first-order chi connectivity index (χ1) is 12.3. The second kappa shape index (κ2) is 9.10. The van der Waals surface area contributed by atoms with E-state index >= 15 is 0 Å². The van der Waals surface area contributed by atoms with Crippen molar-refractivity contribution in [3.05, 3.63) is 21.9 Å². The molecule has 138 valence electrons. The van der Waals surface area contributed by atoms with Gasteiger partial charge in [-0.15, -0.1) is 0 Å². The summed E-state index contributed by atoms with van der Waals surface area (Å²) in [6.07, 6.45) is 9.06. The molecular weight excluding hydrogens is 318 g/mol. The van der Waals surface area contributed by atoms with E-state index in [1.54, 1.807) is 7.11 Å². The molecule has 2 aromatic heterocycles. The topological polar surface area (TPSA) is 86.9 Å². The molecule has 0 aliphatic carbocycles. The average molecular weight is 347 g/mol.